The molecule has 0 fully saturated rings. The molecule has 1 aliphatic heterocycles. The summed E-state index contributed by atoms with van der Waals surface area (Å²) in [6.07, 6.45) is 1.98. The van der Waals surface area contributed by atoms with Crippen LogP contribution >= 0.6 is 15.9 Å². The number of carbonyl (C=O) groups excluding carboxylic acids is 1. The van der Waals surface area contributed by atoms with Gasteiger partial charge in [0.1, 0.15) is 17.4 Å². The van der Waals surface area contributed by atoms with E-state index in [2.05, 4.69) is 44.2 Å². The maximum atomic E-state index is 12.5. The van der Waals surface area contributed by atoms with Crippen LogP contribution in [0.2, 0.25) is 0 Å². The van der Waals surface area contributed by atoms with E-state index < -0.39 is 5.60 Å². The van der Waals surface area contributed by atoms with Crippen molar-refractivity contribution in [3.05, 3.63) is 46.2 Å². The quantitative estimate of drug-likeness (QED) is 0.613. The van der Waals surface area contributed by atoms with Gasteiger partial charge >= 0.3 is 6.09 Å². The molecule has 0 unspecified atom stereocenters. The summed E-state index contributed by atoms with van der Waals surface area (Å²) in [4.78, 5) is 18.3. The molecule has 28 heavy (non-hydrogen) atoms. The lowest BCUT2D eigenvalue weighted by Gasteiger charge is -2.31. The largest absolute Gasteiger partial charge is 0.444 e. The van der Waals surface area contributed by atoms with Crippen molar-refractivity contribution in [1.82, 2.24) is 19.5 Å². The van der Waals surface area contributed by atoms with Crippen molar-refractivity contribution < 1.29 is 9.53 Å². The Morgan fingerprint density at radius 2 is 2.04 bits per heavy atom. The average Bonchev–Trinajstić information content (AvgIpc) is 2.97. The molecule has 0 saturated heterocycles. The second-order valence-electron chi connectivity index (χ2n) is 7.92. The fourth-order valence-electron chi connectivity index (χ4n) is 3.43. The van der Waals surface area contributed by atoms with E-state index in [-0.39, 0.29) is 6.09 Å². The highest BCUT2D eigenvalue weighted by atomic mass is 79.9. The van der Waals surface area contributed by atoms with Crippen molar-refractivity contribution in [1.29, 1.82) is 0 Å². The number of carbonyl (C=O) groups is 1. The maximum Gasteiger partial charge on any atom is 0.410 e. The molecule has 8 heteroatoms. The fourth-order valence-corrected chi connectivity index (χ4v) is 4.02. The molecule has 1 aromatic carbocycles. The summed E-state index contributed by atoms with van der Waals surface area (Å²) in [5.41, 5.74) is 10.5. The van der Waals surface area contributed by atoms with Crippen LogP contribution in [0.25, 0.3) is 16.8 Å². The molecular formula is C20H22BrN5O2. The van der Waals surface area contributed by atoms with E-state index >= 15 is 0 Å². The molecule has 0 atom stereocenters. The molecule has 1 amide bonds. The molecule has 2 aromatic heterocycles. The molecule has 0 spiro atoms. The van der Waals surface area contributed by atoms with Gasteiger partial charge in [0.25, 0.3) is 0 Å². The number of nitrogens with two attached hydrogens (primary N) is 1. The number of hydrogen-bond acceptors (Lipinski definition) is 5. The molecule has 2 N–H and O–H groups in total. The van der Waals surface area contributed by atoms with Crippen LogP contribution in [0.5, 0.6) is 0 Å². The number of fused-ring (bicyclic) bond motifs is 2. The minimum absolute atomic E-state index is 0.278. The highest BCUT2D eigenvalue weighted by Gasteiger charge is 2.26. The first kappa shape index (κ1) is 18.7. The first-order chi connectivity index (χ1) is 13.2. The van der Waals surface area contributed by atoms with Crippen LogP contribution in [0.15, 0.2) is 35.1 Å². The van der Waals surface area contributed by atoms with Crippen LogP contribution in [0.1, 0.15) is 31.9 Å². The van der Waals surface area contributed by atoms with Crippen molar-refractivity contribution in [2.75, 3.05) is 12.3 Å². The Kier molecular flexibility index (Phi) is 4.53. The average molecular weight is 444 g/mol. The Hall–Kier alpha value is -2.61. The Labute approximate surface area is 171 Å². The zero-order chi connectivity index (χ0) is 20.1. The van der Waals surface area contributed by atoms with Gasteiger partial charge in [0.2, 0.25) is 0 Å². The number of hydrogen-bond donors (Lipinski definition) is 1. The van der Waals surface area contributed by atoms with Crippen LogP contribution in [-0.4, -0.2) is 37.7 Å². The van der Waals surface area contributed by atoms with Gasteiger partial charge < -0.3 is 15.4 Å². The minimum atomic E-state index is -0.504. The van der Waals surface area contributed by atoms with Gasteiger partial charge in [0.05, 0.1) is 5.69 Å². The summed E-state index contributed by atoms with van der Waals surface area (Å²) in [6.45, 7) is 6.82. The van der Waals surface area contributed by atoms with Crippen LogP contribution in [0, 0.1) is 0 Å². The molecule has 3 aromatic rings. The topological polar surface area (TPSA) is 85.8 Å². The second kappa shape index (κ2) is 6.77. The van der Waals surface area contributed by atoms with Crippen molar-refractivity contribution in [2.24, 2.45) is 0 Å². The number of ether oxygens (including phenoxy) is 1. The Balaban J connectivity index is 1.68. The summed E-state index contributed by atoms with van der Waals surface area (Å²) in [7, 11) is 0. The van der Waals surface area contributed by atoms with E-state index in [4.69, 9.17) is 10.5 Å². The van der Waals surface area contributed by atoms with Gasteiger partial charge in [-0.2, -0.15) is 5.10 Å². The number of halogens is 1. The minimum Gasteiger partial charge on any atom is -0.444 e. The molecule has 3 heterocycles. The summed E-state index contributed by atoms with van der Waals surface area (Å²) in [5.74, 6) is 0.419. The van der Waals surface area contributed by atoms with Crippen LogP contribution in [0.3, 0.4) is 0 Å². The third-order valence-electron chi connectivity index (χ3n) is 4.70. The van der Waals surface area contributed by atoms with E-state index in [1.54, 1.807) is 9.42 Å². The normalized spacial score (nSPS) is 14.2. The van der Waals surface area contributed by atoms with E-state index in [0.29, 0.717) is 18.9 Å². The van der Waals surface area contributed by atoms with E-state index in [1.807, 2.05) is 26.8 Å². The number of rotatable bonds is 1. The molecule has 0 bridgehead atoms. The SMILES string of the molecule is CC(C)(C)OC(=O)N1CCc2ccc(-c3cc(Br)c4c(N)ncnn34)cc2C1. The number of aromatic nitrogens is 3. The van der Waals surface area contributed by atoms with Crippen molar-refractivity contribution in [3.63, 3.8) is 0 Å². The highest BCUT2D eigenvalue weighted by Crippen LogP contribution is 2.33. The van der Waals surface area contributed by atoms with Crippen LogP contribution in [0.4, 0.5) is 10.6 Å². The third kappa shape index (κ3) is 3.44. The second-order valence-corrected chi connectivity index (χ2v) is 8.77. The number of benzene rings is 1. The first-order valence-electron chi connectivity index (χ1n) is 9.11. The zero-order valence-electron chi connectivity index (χ0n) is 16.1. The van der Waals surface area contributed by atoms with Gasteiger partial charge in [-0.15, -0.1) is 0 Å². The summed E-state index contributed by atoms with van der Waals surface area (Å²) < 4.78 is 8.15. The van der Waals surface area contributed by atoms with E-state index in [1.165, 1.54) is 11.9 Å². The van der Waals surface area contributed by atoms with Gasteiger partial charge in [0.15, 0.2) is 5.82 Å². The Bertz CT molecular complexity index is 1070. The first-order valence-corrected chi connectivity index (χ1v) is 9.90. The van der Waals surface area contributed by atoms with Crippen molar-refractivity contribution in [3.8, 4) is 11.3 Å². The fraction of sp³-hybridized carbons (Fsp3) is 0.350. The molecule has 4 rings (SSSR count). The summed E-state index contributed by atoms with van der Waals surface area (Å²) in [5, 5.41) is 4.35. The lowest BCUT2D eigenvalue weighted by molar-refractivity contribution is 0.0224. The monoisotopic (exact) mass is 443 g/mol. The van der Waals surface area contributed by atoms with Crippen molar-refractivity contribution >= 4 is 33.4 Å². The van der Waals surface area contributed by atoms with Gasteiger partial charge in [-0.05, 0) is 66.4 Å². The van der Waals surface area contributed by atoms with Crippen molar-refractivity contribution in [2.45, 2.75) is 39.3 Å². The van der Waals surface area contributed by atoms with Gasteiger partial charge in [-0.25, -0.2) is 14.3 Å². The van der Waals surface area contributed by atoms with Gasteiger partial charge in [-0.3, -0.25) is 0 Å². The molecule has 1 aliphatic rings. The summed E-state index contributed by atoms with van der Waals surface area (Å²) in [6, 6.07) is 8.29. The standard InChI is InChI=1S/C20H22BrN5O2/c1-20(2,3)28-19(27)25-7-6-12-4-5-13(8-14(12)10-25)16-9-15(21)17-18(22)23-11-24-26(16)17/h4-5,8-9,11H,6-7,10H2,1-3H3,(H2,22,23,24). The van der Waals surface area contributed by atoms with Gasteiger partial charge in [-0.1, -0.05) is 12.1 Å². The smallest absolute Gasteiger partial charge is 0.410 e. The molecule has 0 aliphatic carbocycles. The molecular weight excluding hydrogens is 422 g/mol. The zero-order valence-corrected chi connectivity index (χ0v) is 17.7. The Morgan fingerprint density at radius 3 is 2.79 bits per heavy atom. The van der Waals surface area contributed by atoms with Gasteiger partial charge in [0, 0.05) is 23.1 Å². The lowest BCUT2D eigenvalue weighted by atomic mass is 9.96. The number of amides is 1. The molecule has 0 radical (unpaired) electrons. The molecule has 0 saturated carbocycles. The van der Waals surface area contributed by atoms with E-state index in [0.717, 1.165) is 33.2 Å². The summed E-state index contributed by atoms with van der Waals surface area (Å²) >= 11 is 3.55. The predicted molar refractivity (Wildman–Crippen MR) is 111 cm³/mol. The Morgan fingerprint density at radius 1 is 1.25 bits per heavy atom. The van der Waals surface area contributed by atoms with Crippen LogP contribution < -0.4 is 5.73 Å². The highest BCUT2D eigenvalue weighted by molar-refractivity contribution is 9.10. The molecule has 7 nitrogen and oxygen atoms in total. The number of nitrogens with zero attached hydrogens (tertiary/aromatic N) is 4. The third-order valence-corrected chi connectivity index (χ3v) is 5.31. The predicted octanol–water partition coefficient (Wildman–Crippen LogP) is 4.03. The lowest BCUT2D eigenvalue weighted by Crippen LogP contribution is -2.39. The van der Waals surface area contributed by atoms with Crippen LogP contribution in [-0.2, 0) is 17.7 Å². The maximum absolute atomic E-state index is 12.5. The number of nitrogen functional groups attached to an aromatic ring is 1. The van der Waals surface area contributed by atoms with E-state index in [9.17, 15) is 4.79 Å². The molecule has 146 valence electrons. The number of anilines is 1.